The van der Waals surface area contributed by atoms with Gasteiger partial charge in [0.1, 0.15) is 0 Å². The van der Waals surface area contributed by atoms with Crippen LogP contribution in [0.1, 0.15) is 34.3 Å². The highest BCUT2D eigenvalue weighted by molar-refractivity contribution is 7.89. The van der Waals surface area contributed by atoms with Crippen LogP contribution >= 0.6 is 0 Å². The second kappa shape index (κ2) is 8.19. The van der Waals surface area contributed by atoms with Gasteiger partial charge in [0, 0.05) is 17.3 Å². The van der Waals surface area contributed by atoms with Crippen LogP contribution < -0.4 is 10.0 Å². The minimum atomic E-state index is -3.57. The summed E-state index contributed by atoms with van der Waals surface area (Å²) < 4.78 is 27.5. The number of sulfonamides is 1. The fraction of sp³-hybridized carbons (Fsp3) is 0.174. The summed E-state index contributed by atoms with van der Waals surface area (Å²) in [4.78, 5) is 13.1. The Hall–Kier alpha value is -2.96. The number of carbonyl (C=O) groups excluding carboxylic acids is 1. The molecule has 6 heteroatoms. The molecule has 0 unspecified atom stereocenters. The molecule has 0 heterocycles. The summed E-state index contributed by atoms with van der Waals surface area (Å²) in [7, 11) is -3.57. The van der Waals surface area contributed by atoms with Crippen LogP contribution in [0, 0.1) is 0 Å². The molecule has 4 rings (SSSR count). The maximum Gasteiger partial charge on any atom is 0.255 e. The van der Waals surface area contributed by atoms with Gasteiger partial charge in [0.05, 0.1) is 4.90 Å². The fourth-order valence-corrected chi connectivity index (χ4v) is 4.49. The van der Waals surface area contributed by atoms with Gasteiger partial charge in [0.2, 0.25) is 10.0 Å². The standard InChI is InChI=1S/C23H22N2O3S/c26-23(22-12-5-4-9-18(22)15-17-7-2-1-3-8-17)24-20-10-6-11-21(16-20)29(27,28)25-19-13-14-19/h1-12,16,19,25H,13-15H2,(H,24,26). The number of anilines is 1. The molecule has 0 saturated heterocycles. The molecule has 3 aromatic carbocycles. The van der Waals surface area contributed by atoms with E-state index in [4.69, 9.17) is 0 Å². The van der Waals surface area contributed by atoms with Crippen LogP contribution in [0.3, 0.4) is 0 Å². The first-order chi connectivity index (χ1) is 14.0. The van der Waals surface area contributed by atoms with Crippen molar-refractivity contribution < 1.29 is 13.2 Å². The minimum Gasteiger partial charge on any atom is -0.322 e. The molecule has 1 aliphatic carbocycles. The molecule has 5 nitrogen and oxygen atoms in total. The lowest BCUT2D eigenvalue weighted by Crippen LogP contribution is -2.25. The molecule has 148 valence electrons. The average molecular weight is 407 g/mol. The number of amides is 1. The maximum atomic E-state index is 12.9. The Morgan fingerprint density at radius 1 is 0.897 bits per heavy atom. The molecule has 1 aliphatic rings. The first-order valence-electron chi connectivity index (χ1n) is 9.57. The van der Waals surface area contributed by atoms with E-state index in [9.17, 15) is 13.2 Å². The molecule has 0 aromatic heterocycles. The lowest BCUT2D eigenvalue weighted by molar-refractivity contribution is 0.102. The molecule has 29 heavy (non-hydrogen) atoms. The molecule has 1 amide bonds. The molecular formula is C23H22N2O3S. The fourth-order valence-electron chi connectivity index (χ4n) is 3.14. The number of hydrogen-bond acceptors (Lipinski definition) is 3. The van der Waals surface area contributed by atoms with Crippen LogP contribution in [0.5, 0.6) is 0 Å². The lowest BCUT2D eigenvalue weighted by Gasteiger charge is -2.12. The Morgan fingerprint density at radius 2 is 1.62 bits per heavy atom. The van der Waals surface area contributed by atoms with E-state index in [1.165, 1.54) is 12.1 Å². The molecule has 3 aromatic rings. The zero-order valence-electron chi connectivity index (χ0n) is 15.8. The smallest absolute Gasteiger partial charge is 0.255 e. The van der Waals surface area contributed by atoms with Crippen LogP contribution in [0.15, 0.2) is 83.8 Å². The van der Waals surface area contributed by atoms with Crippen LogP contribution in [0.25, 0.3) is 0 Å². The number of benzene rings is 3. The van der Waals surface area contributed by atoms with Gasteiger partial charge in [-0.1, -0.05) is 54.6 Å². The molecule has 0 bridgehead atoms. The van der Waals surface area contributed by atoms with E-state index in [0.717, 1.165) is 24.0 Å². The highest BCUT2D eigenvalue weighted by atomic mass is 32.2. The van der Waals surface area contributed by atoms with Crippen molar-refractivity contribution in [1.29, 1.82) is 0 Å². The van der Waals surface area contributed by atoms with E-state index in [-0.39, 0.29) is 16.8 Å². The van der Waals surface area contributed by atoms with Gasteiger partial charge in [-0.2, -0.15) is 0 Å². The predicted molar refractivity (Wildman–Crippen MR) is 113 cm³/mol. The molecule has 0 aliphatic heterocycles. The van der Waals surface area contributed by atoms with E-state index >= 15 is 0 Å². The van der Waals surface area contributed by atoms with Gasteiger partial charge in [-0.05, 0) is 54.7 Å². The van der Waals surface area contributed by atoms with Crippen molar-refractivity contribution in [3.05, 3.63) is 95.6 Å². The monoisotopic (exact) mass is 406 g/mol. The molecule has 1 saturated carbocycles. The maximum absolute atomic E-state index is 12.9. The first kappa shape index (κ1) is 19.4. The van der Waals surface area contributed by atoms with Crippen molar-refractivity contribution in [2.75, 3.05) is 5.32 Å². The van der Waals surface area contributed by atoms with Gasteiger partial charge in [-0.3, -0.25) is 4.79 Å². The number of hydrogen-bond donors (Lipinski definition) is 2. The summed E-state index contributed by atoms with van der Waals surface area (Å²) >= 11 is 0. The van der Waals surface area contributed by atoms with E-state index in [1.807, 2.05) is 48.5 Å². The SMILES string of the molecule is O=C(Nc1cccc(S(=O)(=O)NC2CC2)c1)c1ccccc1Cc1ccccc1. The predicted octanol–water partition coefficient (Wildman–Crippen LogP) is 3.97. The molecule has 2 N–H and O–H groups in total. The molecular weight excluding hydrogens is 384 g/mol. The van der Waals surface area contributed by atoms with Crippen molar-refractivity contribution >= 4 is 21.6 Å². The second-order valence-electron chi connectivity index (χ2n) is 7.20. The van der Waals surface area contributed by atoms with E-state index in [1.54, 1.807) is 18.2 Å². The summed E-state index contributed by atoms with van der Waals surface area (Å²) in [5.41, 5.74) is 3.05. The number of nitrogens with one attached hydrogen (secondary N) is 2. The van der Waals surface area contributed by atoms with Gasteiger partial charge < -0.3 is 5.32 Å². The third-order valence-electron chi connectivity index (χ3n) is 4.80. The van der Waals surface area contributed by atoms with Gasteiger partial charge in [-0.15, -0.1) is 0 Å². The van der Waals surface area contributed by atoms with Crippen molar-refractivity contribution in [1.82, 2.24) is 4.72 Å². The Kier molecular flexibility index (Phi) is 5.47. The van der Waals surface area contributed by atoms with Crippen LogP contribution in [0.4, 0.5) is 5.69 Å². The van der Waals surface area contributed by atoms with Crippen molar-refractivity contribution in [2.45, 2.75) is 30.2 Å². The molecule has 1 fully saturated rings. The lowest BCUT2D eigenvalue weighted by atomic mass is 9.99. The second-order valence-corrected chi connectivity index (χ2v) is 8.91. The van der Waals surface area contributed by atoms with Crippen molar-refractivity contribution in [2.24, 2.45) is 0 Å². The van der Waals surface area contributed by atoms with Crippen LogP contribution in [0.2, 0.25) is 0 Å². The van der Waals surface area contributed by atoms with Gasteiger partial charge in [0.15, 0.2) is 0 Å². The Labute approximate surface area is 170 Å². The van der Waals surface area contributed by atoms with Gasteiger partial charge >= 0.3 is 0 Å². The third-order valence-corrected chi connectivity index (χ3v) is 6.32. The normalized spacial score (nSPS) is 13.8. The van der Waals surface area contributed by atoms with Crippen molar-refractivity contribution in [3.63, 3.8) is 0 Å². The number of carbonyl (C=O) groups is 1. The quantitative estimate of drug-likeness (QED) is 0.623. The van der Waals surface area contributed by atoms with Gasteiger partial charge in [-0.25, -0.2) is 13.1 Å². The van der Waals surface area contributed by atoms with Crippen molar-refractivity contribution in [3.8, 4) is 0 Å². The zero-order valence-corrected chi connectivity index (χ0v) is 16.7. The molecule has 0 spiro atoms. The zero-order chi connectivity index (χ0) is 20.3. The summed E-state index contributed by atoms with van der Waals surface area (Å²) in [5, 5.41) is 2.83. The third kappa shape index (κ3) is 4.91. The highest BCUT2D eigenvalue weighted by Gasteiger charge is 2.28. The average Bonchev–Trinajstić information content (AvgIpc) is 3.53. The summed E-state index contributed by atoms with van der Waals surface area (Å²) in [5.74, 6) is -0.263. The summed E-state index contributed by atoms with van der Waals surface area (Å²) in [6, 6.07) is 23.8. The Balaban J connectivity index is 1.54. The van der Waals surface area contributed by atoms with E-state index in [0.29, 0.717) is 17.7 Å². The molecule has 0 radical (unpaired) electrons. The largest absolute Gasteiger partial charge is 0.322 e. The molecule has 0 atom stereocenters. The Morgan fingerprint density at radius 3 is 2.38 bits per heavy atom. The number of rotatable bonds is 7. The first-order valence-corrected chi connectivity index (χ1v) is 11.1. The van der Waals surface area contributed by atoms with Crippen LogP contribution in [-0.4, -0.2) is 20.4 Å². The van der Waals surface area contributed by atoms with E-state index in [2.05, 4.69) is 10.0 Å². The Bertz CT molecular complexity index is 1120. The topological polar surface area (TPSA) is 75.3 Å². The summed E-state index contributed by atoms with van der Waals surface area (Å²) in [6.45, 7) is 0. The highest BCUT2D eigenvalue weighted by Crippen LogP contribution is 2.24. The minimum absolute atomic E-state index is 0.0307. The van der Waals surface area contributed by atoms with Crippen LogP contribution in [-0.2, 0) is 16.4 Å². The summed E-state index contributed by atoms with van der Waals surface area (Å²) in [6.07, 6.45) is 2.38. The van der Waals surface area contributed by atoms with Gasteiger partial charge in [0.25, 0.3) is 5.91 Å². The van der Waals surface area contributed by atoms with E-state index < -0.39 is 10.0 Å².